The number of H-pyrrole nitrogens is 1. The molecule has 0 amide bonds. The lowest BCUT2D eigenvalue weighted by molar-refractivity contribution is 0.103. The number of benzene rings is 1. The lowest BCUT2D eigenvalue weighted by Crippen LogP contribution is -2.04. The van der Waals surface area contributed by atoms with E-state index >= 15 is 0 Å². The highest BCUT2D eigenvalue weighted by Crippen LogP contribution is 2.29. The number of aliphatic hydroxyl groups excluding tert-OH is 1. The highest BCUT2D eigenvalue weighted by atomic mass is 35.5. The Kier molecular flexibility index (Phi) is 4.38. The van der Waals surface area contributed by atoms with Gasteiger partial charge in [-0.2, -0.15) is 5.21 Å². The Morgan fingerprint density at radius 2 is 1.96 bits per heavy atom. The van der Waals surface area contributed by atoms with Crippen molar-refractivity contribution < 1.29 is 22.7 Å². The van der Waals surface area contributed by atoms with E-state index in [-0.39, 0.29) is 16.3 Å². The van der Waals surface area contributed by atoms with E-state index in [0.29, 0.717) is 5.02 Å². The Morgan fingerprint density at radius 3 is 2.60 bits per heavy atom. The van der Waals surface area contributed by atoms with Crippen molar-refractivity contribution in [2.45, 2.75) is 9.99 Å². The molecule has 2 heterocycles. The SMILES string of the molecule is O=C(C=C(O)c1ccoc1S(=O)(=O)c1ccc(Cl)cc1)c1nn[nH]n1. The summed E-state index contributed by atoms with van der Waals surface area (Å²) in [5.41, 5.74) is -0.174. The smallest absolute Gasteiger partial charge is 0.244 e. The summed E-state index contributed by atoms with van der Waals surface area (Å²) in [6.45, 7) is 0. The third kappa shape index (κ3) is 3.30. The molecule has 3 rings (SSSR count). The average Bonchev–Trinajstić information content (AvgIpc) is 3.27. The highest BCUT2D eigenvalue weighted by Gasteiger charge is 2.27. The molecule has 9 nitrogen and oxygen atoms in total. The number of carbonyl (C=O) groups excluding carboxylic acids is 1. The predicted octanol–water partition coefficient (Wildman–Crippen LogP) is 2.06. The van der Waals surface area contributed by atoms with E-state index < -0.39 is 26.5 Å². The van der Waals surface area contributed by atoms with E-state index in [0.717, 1.165) is 12.3 Å². The van der Waals surface area contributed by atoms with Crippen LogP contribution in [0.3, 0.4) is 0 Å². The molecule has 0 atom stereocenters. The summed E-state index contributed by atoms with van der Waals surface area (Å²) in [5.74, 6) is -1.66. The summed E-state index contributed by atoms with van der Waals surface area (Å²) < 4.78 is 30.3. The minimum atomic E-state index is -4.06. The summed E-state index contributed by atoms with van der Waals surface area (Å²) in [7, 11) is -4.06. The second kappa shape index (κ2) is 6.49. The summed E-state index contributed by atoms with van der Waals surface area (Å²) >= 11 is 5.75. The number of aliphatic hydroxyl groups is 1. The number of allylic oxidation sites excluding steroid dienone is 1. The molecule has 0 saturated heterocycles. The van der Waals surface area contributed by atoms with Crippen LogP contribution in [0.1, 0.15) is 16.2 Å². The van der Waals surface area contributed by atoms with Gasteiger partial charge in [-0.05, 0) is 35.5 Å². The molecule has 0 aliphatic heterocycles. The number of aromatic amines is 1. The first-order valence-corrected chi connectivity index (χ1v) is 8.52. The fraction of sp³-hybridized carbons (Fsp3) is 0. The molecular weight excluding hydrogens is 372 g/mol. The van der Waals surface area contributed by atoms with Crippen molar-refractivity contribution in [3.05, 3.63) is 59.1 Å². The standard InChI is InChI=1S/C14H9ClN4O5S/c15-8-1-3-9(4-2-8)25(22,23)14-10(5-6-24-14)11(20)7-12(21)13-16-18-19-17-13/h1-7,20H,(H,16,17,18,19). The first-order chi connectivity index (χ1) is 11.9. The molecule has 3 aromatic rings. The van der Waals surface area contributed by atoms with Crippen LogP contribution in [-0.4, -0.2) is 39.9 Å². The first-order valence-electron chi connectivity index (χ1n) is 6.66. The molecule has 0 radical (unpaired) electrons. The zero-order valence-electron chi connectivity index (χ0n) is 12.2. The van der Waals surface area contributed by atoms with Gasteiger partial charge in [0.05, 0.1) is 16.7 Å². The van der Waals surface area contributed by atoms with Crippen LogP contribution in [0.15, 0.2) is 57.1 Å². The maximum atomic E-state index is 12.6. The molecular formula is C14H9ClN4O5S. The van der Waals surface area contributed by atoms with E-state index in [2.05, 4.69) is 20.6 Å². The third-order valence-corrected chi connectivity index (χ3v) is 5.06. The topological polar surface area (TPSA) is 139 Å². The number of ketones is 1. The Hall–Kier alpha value is -2.98. The number of sulfone groups is 1. The largest absolute Gasteiger partial charge is 0.507 e. The zero-order valence-corrected chi connectivity index (χ0v) is 13.8. The van der Waals surface area contributed by atoms with Crippen LogP contribution in [-0.2, 0) is 9.84 Å². The quantitative estimate of drug-likeness (QED) is 0.389. The van der Waals surface area contributed by atoms with Crippen LogP contribution in [0, 0.1) is 0 Å². The third-order valence-electron chi connectivity index (χ3n) is 3.11. The Morgan fingerprint density at radius 1 is 1.24 bits per heavy atom. The number of nitrogens with zero attached hydrogens (tertiary/aromatic N) is 3. The minimum Gasteiger partial charge on any atom is -0.507 e. The number of aromatic nitrogens is 4. The van der Waals surface area contributed by atoms with Gasteiger partial charge in [0.2, 0.25) is 26.5 Å². The molecule has 1 aromatic carbocycles. The van der Waals surface area contributed by atoms with Crippen LogP contribution in [0.5, 0.6) is 0 Å². The minimum absolute atomic E-state index is 0.0783. The fourth-order valence-corrected chi connectivity index (χ4v) is 3.43. The molecule has 0 spiro atoms. The van der Waals surface area contributed by atoms with Gasteiger partial charge < -0.3 is 9.52 Å². The van der Waals surface area contributed by atoms with Crippen molar-refractivity contribution in [3.8, 4) is 0 Å². The lowest BCUT2D eigenvalue weighted by atomic mass is 10.2. The van der Waals surface area contributed by atoms with E-state index in [9.17, 15) is 18.3 Å². The van der Waals surface area contributed by atoms with Crippen molar-refractivity contribution in [2.75, 3.05) is 0 Å². The van der Waals surface area contributed by atoms with Gasteiger partial charge in [0.1, 0.15) is 5.76 Å². The van der Waals surface area contributed by atoms with Crippen molar-refractivity contribution in [2.24, 2.45) is 0 Å². The molecule has 0 unspecified atom stereocenters. The lowest BCUT2D eigenvalue weighted by Gasteiger charge is -2.04. The number of tetrazole rings is 1. The number of rotatable bonds is 5. The Bertz CT molecular complexity index is 1040. The van der Waals surface area contributed by atoms with Gasteiger partial charge in [-0.15, -0.1) is 10.2 Å². The van der Waals surface area contributed by atoms with Crippen molar-refractivity contribution in [1.82, 2.24) is 20.6 Å². The second-order valence-corrected chi connectivity index (χ2v) is 6.99. The number of halogens is 1. The van der Waals surface area contributed by atoms with Crippen molar-refractivity contribution in [1.29, 1.82) is 0 Å². The van der Waals surface area contributed by atoms with Crippen LogP contribution >= 0.6 is 11.6 Å². The molecule has 11 heteroatoms. The van der Waals surface area contributed by atoms with E-state index in [1.807, 2.05) is 0 Å². The molecule has 128 valence electrons. The number of furan rings is 1. The van der Waals surface area contributed by atoms with Gasteiger partial charge >= 0.3 is 0 Å². The maximum absolute atomic E-state index is 12.6. The first kappa shape index (κ1) is 16.9. The monoisotopic (exact) mass is 380 g/mol. The molecule has 2 aromatic heterocycles. The molecule has 0 aliphatic rings. The predicted molar refractivity (Wildman–Crippen MR) is 84.7 cm³/mol. The number of carbonyl (C=O) groups is 1. The second-order valence-electron chi connectivity index (χ2n) is 4.71. The molecule has 0 aliphatic carbocycles. The van der Waals surface area contributed by atoms with Crippen LogP contribution in [0.25, 0.3) is 5.76 Å². The van der Waals surface area contributed by atoms with Crippen LogP contribution < -0.4 is 0 Å². The number of hydrogen-bond acceptors (Lipinski definition) is 8. The summed E-state index contributed by atoms with van der Waals surface area (Å²) in [6.07, 6.45) is 1.86. The summed E-state index contributed by atoms with van der Waals surface area (Å²) in [5, 5.41) is 22.2. The van der Waals surface area contributed by atoms with E-state index in [4.69, 9.17) is 16.0 Å². The summed E-state index contributed by atoms with van der Waals surface area (Å²) in [6, 6.07) is 6.64. The van der Waals surface area contributed by atoms with Crippen LogP contribution in [0.2, 0.25) is 5.02 Å². The summed E-state index contributed by atoms with van der Waals surface area (Å²) in [4.78, 5) is 11.8. The Balaban J connectivity index is 2.00. The molecule has 0 fully saturated rings. The van der Waals surface area contributed by atoms with Crippen molar-refractivity contribution in [3.63, 3.8) is 0 Å². The van der Waals surface area contributed by atoms with E-state index in [1.165, 1.54) is 30.3 Å². The van der Waals surface area contributed by atoms with Gasteiger partial charge in [-0.3, -0.25) is 4.79 Å². The molecule has 25 heavy (non-hydrogen) atoms. The van der Waals surface area contributed by atoms with Gasteiger partial charge in [0.15, 0.2) is 0 Å². The van der Waals surface area contributed by atoms with E-state index in [1.54, 1.807) is 0 Å². The maximum Gasteiger partial charge on any atom is 0.244 e. The van der Waals surface area contributed by atoms with Gasteiger partial charge in [-0.1, -0.05) is 11.6 Å². The molecule has 0 bridgehead atoms. The van der Waals surface area contributed by atoms with Gasteiger partial charge in [0.25, 0.3) is 0 Å². The highest BCUT2D eigenvalue weighted by molar-refractivity contribution is 7.91. The van der Waals surface area contributed by atoms with Gasteiger partial charge in [-0.25, -0.2) is 8.42 Å². The normalized spacial score (nSPS) is 12.3. The zero-order chi connectivity index (χ0) is 18.0. The fourth-order valence-electron chi connectivity index (χ4n) is 1.95. The van der Waals surface area contributed by atoms with Crippen LogP contribution in [0.4, 0.5) is 0 Å². The molecule has 0 saturated carbocycles. The Labute approximate surface area is 145 Å². The number of hydrogen-bond donors (Lipinski definition) is 2. The number of nitrogens with one attached hydrogen (secondary N) is 1. The van der Waals surface area contributed by atoms with Crippen molar-refractivity contribution >= 4 is 33.0 Å². The average molecular weight is 381 g/mol. The van der Waals surface area contributed by atoms with Gasteiger partial charge in [0, 0.05) is 11.1 Å². The molecule has 2 N–H and O–H groups in total.